The first-order valence-electron chi connectivity index (χ1n) is 15.3. The molecule has 210 valence electrons. The van der Waals surface area contributed by atoms with Crippen LogP contribution in [0.1, 0.15) is 11.1 Å². The molecule has 1 aliphatic carbocycles. The molecule has 0 amide bonds. The van der Waals surface area contributed by atoms with Crippen LogP contribution in [0.3, 0.4) is 0 Å². The Hall–Kier alpha value is -5.93. The number of benzene rings is 7. The summed E-state index contributed by atoms with van der Waals surface area (Å²) in [6.07, 6.45) is 5.39. The zero-order valence-corrected chi connectivity index (χ0v) is 24.5. The molecular formula is C42H27N3. The Kier molecular flexibility index (Phi) is 5.88. The van der Waals surface area contributed by atoms with Crippen molar-refractivity contribution in [1.82, 2.24) is 15.0 Å². The molecule has 0 fully saturated rings. The maximum atomic E-state index is 5.11. The highest BCUT2D eigenvalue weighted by Crippen LogP contribution is 2.36. The summed E-state index contributed by atoms with van der Waals surface area (Å²) < 4.78 is 0. The first-order valence-corrected chi connectivity index (χ1v) is 15.3. The van der Waals surface area contributed by atoms with Gasteiger partial charge in [0.15, 0.2) is 17.5 Å². The lowest BCUT2D eigenvalue weighted by molar-refractivity contribution is 1.07. The van der Waals surface area contributed by atoms with E-state index in [-0.39, 0.29) is 0 Å². The van der Waals surface area contributed by atoms with Gasteiger partial charge in [0.25, 0.3) is 0 Å². The van der Waals surface area contributed by atoms with Gasteiger partial charge in [0.05, 0.1) is 0 Å². The molecule has 1 heterocycles. The molecule has 1 aliphatic rings. The van der Waals surface area contributed by atoms with Crippen LogP contribution in [-0.2, 0) is 6.42 Å². The average molecular weight is 574 g/mol. The van der Waals surface area contributed by atoms with Crippen LogP contribution in [-0.4, -0.2) is 15.0 Å². The summed E-state index contributed by atoms with van der Waals surface area (Å²) >= 11 is 0. The van der Waals surface area contributed by atoms with Crippen molar-refractivity contribution in [2.75, 3.05) is 0 Å². The minimum atomic E-state index is 0.666. The highest BCUT2D eigenvalue weighted by Gasteiger charge is 2.18. The molecule has 9 rings (SSSR count). The van der Waals surface area contributed by atoms with Gasteiger partial charge in [0.1, 0.15) is 0 Å². The second-order valence-corrected chi connectivity index (χ2v) is 11.7. The van der Waals surface area contributed by atoms with Gasteiger partial charge in [-0.2, -0.15) is 0 Å². The minimum Gasteiger partial charge on any atom is -0.208 e. The van der Waals surface area contributed by atoms with E-state index in [0.717, 1.165) is 28.5 Å². The lowest BCUT2D eigenvalue weighted by Crippen LogP contribution is -2.02. The van der Waals surface area contributed by atoms with Gasteiger partial charge in [-0.3, -0.25) is 0 Å². The first-order chi connectivity index (χ1) is 22.3. The van der Waals surface area contributed by atoms with Crippen molar-refractivity contribution in [3.05, 3.63) is 157 Å². The monoisotopic (exact) mass is 573 g/mol. The summed E-state index contributed by atoms with van der Waals surface area (Å²) in [5, 5.41) is 7.35. The van der Waals surface area contributed by atoms with Crippen molar-refractivity contribution >= 4 is 38.4 Å². The van der Waals surface area contributed by atoms with Gasteiger partial charge in [-0.15, -0.1) is 0 Å². The van der Waals surface area contributed by atoms with E-state index in [0.29, 0.717) is 17.5 Å². The van der Waals surface area contributed by atoms with Crippen molar-refractivity contribution in [2.45, 2.75) is 6.42 Å². The normalized spacial score (nSPS) is 12.3. The molecule has 0 aliphatic heterocycles. The van der Waals surface area contributed by atoms with Gasteiger partial charge in [-0.05, 0) is 85.3 Å². The highest BCUT2D eigenvalue weighted by molar-refractivity contribution is 6.00. The Morgan fingerprint density at radius 3 is 1.78 bits per heavy atom. The summed E-state index contributed by atoms with van der Waals surface area (Å²) in [4.78, 5) is 15.2. The van der Waals surface area contributed by atoms with Crippen LogP contribution in [0, 0.1) is 0 Å². The Balaban J connectivity index is 1.18. The fraction of sp³-hybridized carbons (Fsp3) is 0.0238. The minimum absolute atomic E-state index is 0.666. The summed E-state index contributed by atoms with van der Waals surface area (Å²) in [6.45, 7) is 0. The molecule has 45 heavy (non-hydrogen) atoms. The molecule has 0 bridgehead atoms. The number of nitrogens with zero attached hydrogens (tertiary/aromatic N) is 3. The summed E-state index contributed by atoms with van der Waals surface area (Å²) in [5.41, 5.74) is 7.87. The lowest BCUT2D eigenvalue weighted by atomic mass is 9.89. The maximum Gasteiger partial charge on any atom is 0.164 e. The molecule has 0 spiro atoms. The van der Waals surface area contributed by atoms with Gasteiger partial charge in [0.2, 0.25) is 0 Å². The third-order valence-electron chi connectivity index (χ3n) is 8.88. The second kappa shape index (κ2) is 10.4. The van der Waals surface area contributed by atoms with Crippen LogP contribution in [0.15, 0.2) is 146 Å². The van der Waals surface area contributed by atoms with Crippen molar-refractivity contribution in [3.63, 3.8) is 0 Å². The van der Waals surface area contributed by atoms with Gasteiger partial charge < -0.3 is 0 Å². The molecule has 7 aromatic carbocycles. The van der Waals surface area contributed by atoms with Gasteiger partial charge in [-0.1, -0.05) is 127 Å². The standard InChI is InChI=1S/C42H27N3/c1-2-9-30(10-3-1)40-43-41(45-42(44-40)38-23-22-29-13-6-12-28-14-7-15-37(38)39(28)29)36-21-20-34-25-33(18-19-35(34)26-36)32-17-16-27-8-4-5-11-31(27)24-32/h1-13,15-26H,14H2. The molecule has 0 saturated heterocycles. The fourth-order valence-corrected chi connectivity index (χ4v) is 6.60. The predicted octanol–water partition coefficient (Wildman–Crippen LogP) is 10.6. The smallest absolute Gasteiger partial charge is 0.164 e. The molecule has 0 radical (unpaired) electrons. The topological polar surface area (TPSA) is 38.7 Å². The number of aromatic nitrogens is 3. The largest absolute Gasteiger partial charge is 0.208 e. The summed E-state index contributed by atoms with van der Waals surface area (Å²) in [5.74, 6) is 2.02. The van der Waals surface area contributed by atoms with E-state index in [4.69, 9.17) is 15.0 Å². The highest BCUT2D eigenvalue weighted by atomic mass is 15.0. The molecule has 1 aromatic heterocycles. The van der Waals surface area contributed by atoms with E-state index in [9.17, 15) is 0 Å². The fourth-order valence-electron chi connectivity index (χ4n) is 6.60. The van der Waals surface area contributed by atoms with E-state index < -0.39 is 0 Å². The number of allylic oxidation sites excluding steroid dienone is 1. The SMILES string of the molecule is C1=Cc2c(-c3nc(-c4ccccc4)nc(-c4ccc5cc(-c6ccc7ccccc7c6)ccc5c4)n3)ccc3cccc(c23)C1. The van der Waals surface area contributed by atoms with E-state index in [1.165, 1.54) is 49.2 Å². The molecule has 0 atom stereocenters. The molecule has 0 N–H and O–H groups in total. The van der Waals surface area contributed by atoms with Crippen molar-refractivity contribution in [3.8, 4) is 45.3 Å². The Morgan fingerprint density at radius 2 is 0.978 bits per heavy atom. The van der Waals surface area contributed by atoms with E-state index in [1.807, 2.05) is 18.2 Å². The summed E-state index contributed by atoms with van der Waals surface area (Å²) in [6, 6.07) is 49.4. The first kappa shape index (κ1) is 25.6. The number of hydrogen-bond acceptors (Lipinski definition) is 3. The maximum absolute atomic E-state index is 5.11. The van der Waals surface area contributed by atoms with Gasteiger partial charge in [-0.25, -0.2) is 15.0 Å². The summed E-state index contributed by atoms with van der Waals surface area (Å²) in [7, 11) is 0. The molecular weight excluding hydrogens is 546 g/mol. The molecule has 3 nitrogen and oxygen atoms in total. The van der Waals surface area contributed by atoms with E-state index in [2.05, 4.69) is 133 Å². The molecule has 3 heteroatoms. The van der Waals surface area contributed by atoms with E-state index >= 15 is 0 Å². The Morgan fingerprint density at radius 1 is 0.400 bits per heavy atom. The average Bonchev–Trinajstić information content (AvgIpc) is 3.11. The van der Waals surface area contributed by atoms with Crippen LogP contribution in [0.5, 0.6) is 0 Å². The third kappa shape index (κ3) is 4.49. The zero-order chi connectivity index (χ0) is 29.7. The Bertz CT molecular complexity index is 2460. The molecule has 0 unspecified atom stereocenters. The number of rotatable bonds is 4. The third-order valence-corrected chi connectivity index (χ3v) is 8.88. The zero-order valence-electron chi connectivity index (χ0n) is 24.5. The predicted molar refractivity (Wildman–Crippen MR) is 187 cm³/mol. The number of hydrogen-bond donors (Lipinski definition) is 0. The van der Waals surface area contributed by atoms with Gasteiger partial charge >= 0.3 is 0 Å². The van der Waals surface area contributed by atoms with Crippen LogP contribution in [0.4, 0.5) is 0 Å². The Labute approximate surface area is 261 Å². The molecule has 0 saturated carbocycles. The molecule has 8 aromatic rings. The quantitative estimate of drug-likeness (QED) is 0.210. The van der Waals surface area contributed by atoms with Crippen LogP contribution >= 0.6 is 0 Å². The van der Waals surface area contributed by atoms with Crippen molar-refractivity contribution in [1.29, 1.82) is 0 Å². The second-order valence-electron chi connectivity index (χ2n) is 11.7. The van der Waals surface area contributed by atoms with Crippen LogP contribution in [0.25, 0.3) is 83.7 Å². The number of fused-ring (bicyclic) bond motifs is 2. The lowest BCUT2D eigenvalue weighted by Gasteiger charge is -2.17. The van der Waals surface area contributed by atoms with Gasteiger partial charge in [0, 0.05) is 16.7 Å². The van der Waals surface area contributed by atoms with Crippen LogP contribution in [0.2, 0.25) is 0 Å². The van der Waals surface area contributed by atoms with Crippen LogP contribution < -0.4 is 0 Å². The van der Waals surface area contributed by atoms with Crippen molar-refractivity contribution < 1.29 is 0 Å². The van der Waals surface area contributed by atoms with E-state index in [1.54, 1.807) is 0 Å². The van der Waals surface area contributed by atoms with Crippen molar-refractivity contribution in [2.24, 2.45) is 0 Å².